The maximum absolute atomic E-state index is 13.0. The predicted molar refractivity (Wildman–Crippen MR) is 56.2 cm³/mol. The average molecular weight is 285 g/mol. The molecular formula is C8H8BrClFNO2. The van der Waals surface area contributed by atoms with E-state index in [1.807, 2.05) is 0 Å². The number of carbonyl (C=O) groups is 1. The van der Waals surface area contributed by atoms with Crippen LogP contribution in [0.1, 0.15) is 15.9 Å². The summed E-state index contributed by atoms with van der Waals surface area (Å²) in [5.74, 6) is -2.06. The third-order valence-electron chi connectivity index (χ3n) is 1.59. The summed E-state index contributed by atoms with van der Waals surface area (Å²) in [5, 5.41) is 8.58. The van der Waals surface area contributed by atoms with Gasteiger partial charge in [-0.25, -0.2) is 9.18 Å². The Morgan fingerprint density at radius 1 is 1.57 bits per heavy atom. The molecule has 1 rings (SSSR count). The number of benzene rings is 1. The van der Waals surface area contributed by atoms with Gasteiger partial charge >= 0.3 is 5.97 Å². The van der Waals surface area contributed by atoms with Crippen LogP contribution in [0.4, 0.5) is 4.39 Å². The van der Waals surface area contributed by atoms with Crippen molar-refractivity contribution < 1.29 is 14.3 Å². The molecular weight excluding hydrogens is 276 g/mol. The highest BCUT2D eigenvalue weighted by Gasteiger charge is 2.12. The van der Waals surface area contributed by atoms with Gasteiger partial charge in [0.1, 0.15) is 5.82 Å². The second kappa shape index (κ2) is 5.29. The van der Waals surface area contributed by atoms with Crippen molar-refractivity contribution in [3.63, 3.8) is 0 Å². The summed E-state index contributed by atoms with van der Waals surface area (Å²) in [7, 11) is 0. The lowest BCUT2D eigenvalue weighted by Crippen LogP contribution is -2.05. The first kappa shape index (κ1) is 13.4. The minimum absolute atomic E-state index is 0. The van der Waals surface area contributed by atoms with Gasteiger partial charge in [0.15, 0.2) is 0 Å². The first-order valence-corrected chi connectivity index (χ1v) is 4.27. The first-order chi connectivity index (χ1) is 6.06. The molecule has 6 heteroatoms. The molecule has 3 nitrogen and oxygen atoms in total. The molecule has 0 bridgehead atoms. The third kappa shape index (κ3) is 2.67. The zero-order valence-corrected chi connectivity index (χ0v) is 9.36. The molecule has 0 atom stereocenters. The van der Waals surface area contributed by atoms with E-state index in [9.17, 15) is 9.18 Å². The van der Waals surface area contributed by atoms with Crippen molar-refractivity contribution in [2.45, 2.75) is 6.54 Å². The van der Waals surface area contributed by atoms with Gasteiger partial charge in [0, 0.05) is 11.0 Å². The largest absolute Gasteiger partial charge is 0.478 e. The van der Waals surface area contributed by atoms with E-state index in [1.54, 1.807) is 0 Å². The maximum Gasteiger partial charge on any atom is 0.338 e. The van der Waals surface area contributed by atoms with Gasteiger partial charge in [-0.15, -0.1) is 12.4 Å². The quantitative estimate of drug-likeness (QED) is 0.875. The molecule has 0 spiro atoms. The van der Waals surface area contributed by atoms with Gasteiger partial charge in [0.25, 0.3) is 0 Å². The molecule has 0 aromatic heterocycles. The summed E-state index contributed by atoms with van der Waals surface area (Å²) in [6, 6.07) is 2.33. The standard InChI is InChI=1S/C8H7BrFNO2.ClH/c9-6-2-7(10)5(8(12)13)1-4(6)3-11;/h1-2H,3,11H2,(H,12,13);1H. The zero-order chi connectivity index (χ0) is 10.0. The van der Waals surface area contributed by atoms with Gasteiger partial charge in [-0.2, -0.15) is 0 Å². The number of hydrogen-bond acceptors (Lipinski definition) is 2. The number of nitrogens with two attached hydrogens (primary N) is 1. The smallest absolute Gasteiger partial charge is 0.338 e. The van der Waals surface area contributed by atoms with Crippen molar-refractivity contribution in [1.29, 1.82) is 0 Å². The molecule has 0 aliphatic heterocycles. The number of halogens is 3. The number of carboxylic acids is 1. The Balaban J connectivity index is 0.00000169. The fourth-order valence-electron chi connectivity index (χ4n) is 0.914. The van der Waals surface area contributed by atoms with Gasteiger partial charge < -0.3 is 10.8 Å². The summed E-state index contributed by atoms with van der Waals surface area (Å²) < 4.78 is 13.4. The molecule has 0 fully saturated rings. The summed E-state index contributed by atoms with van der Waals surface area (Å²) in [5.41, 5.74) is 5.53. The Morgan fingerprint density at radius 3 is 2.57 bits per heavy atom. The van der Waals surface area contributed by atoms with Crippen molar-refractivity contribution >= 4 is 34.3 Å². The fraction of sp³-hybridized carbons (Fsp3) is 0.125. The summed E-state index contributed by atoms with van der Waals surface area (Å²) in [6.07, 6.45) is 0. The van der Waals surface area contributed by atoms with E-state index in [-0.39, 0.29) is 24.5 Å². The van der Waals surface area contributed by atoms with Crippen LogP contribution >= 0.6 is 28.3 Å². The highest BCUT2D eigenvalue weighted by atomic mass is 79.9. The van der Waals surface area contributed by atoms with Crippen molar-refractivity contribution in [2.75, 3.05) is 0 Å². The van der Waals surface area contributed by atoms with Crippen LogP contribution in [0.5, 0.6) is 0 Å². The molecule has 78 valence electrons. The highest BCUT2D eigenvalue weighted by molar-refractivity contribution is 9.10. The molecule has 1 aromatic rings. The van der Waals surface area contributed by atoms with Crippen molar-refractivity contribution in [2.24, 2.45) is 5.73 Å². The average Bonchev–Trinajstić information content (AvgIpc) is 2.03. The minimum atomic E-state index is -1.29. The van der Waals surface area contributed by atoms with Crippen LogP contribution in [-0.2, 0) is 6.54 Å². The van der Waals surface area contributed by atoms with Gasteiger partial charge in [0.2, 0.25) is 0 Å². The van der Waals surface area contributed by atoms with Crippen molar-refractivity contribution in [3.8, 4) is 0 Å². The number of aromatic carboxylic acids is 1. The van der Waals surface area contributed by atoms with E-state index < -0.39 is 11.8 Å². The fourth-order valence-corrected chi connectivity index (χ4v) is 1.39. The van der Waals surface area contributed by atoms with E-state index in [0.717, 1.165) is 6.07 Å². The van der Waals surface area contributed by atoms with Crippen LogP contribution in [0, 0.1) is 5.82 Å². The van der Waals surface area contributed by atoms with E-state index >= 15 is 0 Å². The highest BCUT2D eigenvalue weighted by Crippen LogP contribution is 2.20. The van der Waals surface area contributed by atoms with E-state index in [1.165, 1.54) is 6.07 Å². The second-order valence-corrected chi connectivity index (χ2v) is 3.29. The number of hydrogen-bond donors (Lipinski definition) is 2. The van der Waals surface area contributed by atoms with Gasteiger partial charge in [-0.1, -0.05) is 15.9 Å². The van der Waals surface area contributed by atoms with Gasteiger partial charge in [-0.05, 0) is 17.7 Å². The Kier molecular flexibility index (Phi) is 5.04. The van der Waals surface area contributed by atoms with Gasteiger partial charge in [-0.3, -0.25) is 0 Å². The predicted octanol–water partition coefficient (Wildman–Crippen LogP) is 2.17. The molecule has 0 unspecified atom stereocenters. The first-order valence-electron chi connectivity index (χ1n) is 3.47. The molecule has 0 aliphatic carbocycles. The van der Waals surface area contributed by atoms with E-state index in [2.05, 4.69) is 15.9 Å². The summed E-state index contributed by atoms with van der Waals surface area (Å²) in [6.45, 7) is 0.168. The summed E-state index contributed by atoms with van der Waals surface area (Å²) in [4.78, 5) is 10.5. The van der Waals surface area contributed by atoms with E-state index in [0.29, 0.717) is 10.0 Å². The van der Waals surface area contributed by atoms with Gasteiger partial charge in [0.05, 0.1) is 5.56 Å². The Bertz CT molecular complexity index is 359. The maximum atomic E-state index is 13.0. The van der Waals surface area contributed by atoms with Crippen molar-refractivity contribution in [1.82, 2.24) is 0 Å². The monoisotopic (exact) mass is 283 g/mol. The minimum Gasteiger partial charge on any atom is -0.478 e. The normalized spacial score (nSPS) is 9.36. The molecule has 0 saturated heterocycles. The van der Waals surface area contributed by atoms with Crippen LogP contribution in [0.15, 0.2) is 16.6 Å². The van der Waals surface area contributed by atoms with Crippen LogP contribution in [-0.4, -0.2) is 11.1 Å². The van der Waals surface area contributed by atoms with Crippen molar-refractivity contribution in [3.05, 3.63) is 33.5 Å². The molecule has 0 radical (unpaired) electrons. The zero-order valence-electron chi connectivity index (χ0n) is 6.96. The SMILES string of the molecule is Cl.NCc1cc(C(=O)O)c(F)cc1Br. The lowest BCUT2D eigenvalue weighted by Gasteiger charge is -2.03. The van der Waals surface area contributed by atoms with Crippen LogP contribution in [0.25, 0.3) is 0 Å². The molecule has 0 amide bonds. The Labute approximate surface area is 94.6 Å². The number of carboxylic acid groups (broad SMARTS) is 1. The molecule has 3 N–H and O–H groups in total. The Morgan fingerprint density at radius 2 is 2.14 bits per heavy atom. The third-order valence-corrected chi connectivity index (χ3v) is 2.32. The molecule has 14 heavy (non-hydrogen) atoms. The Hall–Kier alpha value is -0.650. The lowest BCUT2D eigenvalue weighted by atomic mass is 10.1. The topological polar surface area (TPSA) is 63.3 Å². The van der Waals surface area contributed by atoms with E-state index in [4.69, 9.17) is 10.8 Å². The lowest BCUT2D eigenvalue weighted by molar-refractivity contribution is 0.0691. The molecule has 0 aliphatic rings. The number of rotatable bonds is 2. The summed E-state index contributed by atoms with van der Waals surface area (Å²) >= 11 is 3.08. The molecule has 0 saturated carbocycles. The second-order valence-electron chi connectivity index (χ2n) is 2.43. The van der Waals surface area contributed by atoms with Crippen LogP contribution in [0.2, 0.25) is 0 Å². The molecule has 1 aromatic carbocycles. The van der Waals surface area contributed by atoms with Crippen LogP contribution in [0.3, 0.4) is 0 Å². The molecule has 0 heterocycles. The van der Waals surface area contributed by atoms with Crippen LogP contribution < -0.4 is 5.73 Å².